The maximum Gasteiger partial charge on any atom is 0.247 e. The molecule has 2 saturated carbocycles. The predicted molar refractivity (Wildman–Crippen MR) is 121 cm³/mol. The second kappa shape index (κ2) is 9.73. The Balaban J connectivity index is 1.71. The fraction of sp³-hybridized carbons (Fsp3) is 0.500. The van der Waals surface area contributed by atoms with Gasteiger partial charge in [-0.2, -0.15) is 0 Å². The summed E-state index contributed by atoms with van der Waals surface area (Å²) in [6.45, 7) is 0. The van der Waals surface area contributed by atoms with Gasteiger partial charge in [-0.05, 0) is 55.3 Å². The van der Waals surface area contributed by atoms with Crippen molar-refractivity contribution < 1.29 is 19.1 Å². The van der Waals surface area contributed by atoms with Crippen LogP contribution >= 0.6 is 11.3 Å². The maximum absolute atomic E-state index is 13.6. The van der Waals surface area contributed by atoms with Crippen LogP contribution in [0.5, 0.6) is 11.5 Å². The molecule has 166 valence electrons. The van der Waals surface area contributed by atoms with Gasteiger partial charge in [0, 0.05) is 22.5 Å². The molecule has 6 nitrogen and oxygen atoms in total. The minimum Gasteiger partial charge on any atom is -0.497 e. The van der Waals surface area contributed by atoms with Crippen LogP contribution in [0.1, 0.15) is 55.0 Å². The second-order valence-corrected chi connectivity index (χ2v) is 9.32. The molecule has 0 saturated heterocycles. The smallest absolute Gasteiger partial charge is 0.247 e. The normalized spacial score (nSPS) is 17.2. The summed E-state index contributed by atoms with van der Waals surface area (Å²) in [4.78, 5) is 29.9. The van der Waals surface area contributed by atoms with Crippen LogP contribution in [0.2, 0.25) is 0 Å². The zero-order valence-electron chi connectivity index (χ0n) is 18.1. The molecular formula is C24H30N2O4S. The first-order valence-electron chi connectivity index (χ1n) is 11.0. The van der Waals surface area contributed by atoms with Crippen LogP contribution in [0, 0.1) is 0 Å². The summed E-state index contributed by atoms with van der Waals surface area (Å²) in [5, 5.41) is 5.19. The van der Waals surface area contributed by atoms with Crippen molar-refractivity contribution in [2.24, 2.45) is 0 Å². The van der Waals surface area contributed by atoms with Gasteiger partial charge in [0.1, 0.15) is 17.5 Å². The lowest BCUT2D eigenvalue weighted by atomic mass is 10.0. The number of hydrogen-bond acceptors (Lipinski definition) is 5. The van der Waals surface area contributed by atoms with Gasteiger partial charge in [0.15, 0.2) is 0 Å². The molecule has 7 heteroatoms. The van der Waals surface area contributed by atoms with Gasteiger partial charge in [0.25, 0.3) is 0 Å². The van der Waals surface area contributed by atoms with Crippen molar-refractivity contribution in [3.8, 4) is 11.5 Å². The molecule has 1 N–H and O–H groups in total. The predicted octanol–water partition coefficient (Wildman–Crippen LogP) is 4.10. The van der Waals surface area contributed by atoms with Gasteiger partial charge < -0.3 is 19.7 Å². The summed E-state index contributed by atoms with van der Waals surface area (Å²) >= 11 is 1.56. The Morgan fingerprint density at radius 2 is 1.90 bits per heavy atom. The molecule has 2 fully saturated rings. The average Bonchev–Trinajstić information content (AvgIpc) is 3.22. The molecule has 1 heterocycles. The second-order valence-electron chi connectivity index (χ2n) is 8.29. The number of hydrogen-bond donors (Lipinski definition) is 1. The zero-order chi connectivity index (χ0) is 21.8. The van der Waals surface area contributed by atoms with Gasteiger partial charge in [-0.1, -0.05) is 18.9 Å². The van der Waals surface area contributed by atoms with Crippen molar-refractivity contribution in [3.63, 3.8) is 0 Å². The zero-order valence-corrected chi connectivity index (χ0v) is 19.0. The lowest BCUT2D eigenvalue weighted by Gasteiger charge is -2.33. The van der Waals surface area contributed by atoms with E-state index in [9.17, 15) is 9.59 Å². The molecule has 1 aromatic heterocycles. The van der Waals surface area contributed by atoms with Crippen LogP contribution in [0.4, 0.5) is 0 Å². The molecule has 1 aromatic carbocycles. The number of amides is 2. The summed E-state index contributed by atoms with van der Waals surface area (Å²) in [6, 6.07) is 8.85. The van der Waals surface area contributed by atoms with E-state index in [1.807, 2.05) is 29.6 Å². The third-order valence-electron chi connectivity index (χ3n) is 6.09. The van der Waals surface area contributed by atoms with E-state index < -0.39 is 6.04 Å². The molecule has 0 radical (unpaired) electrons. The lowest BCUT2D eigenvalue weighted by Crippen LogP contribution is -2.47. The average molecular weight is 443 g/mol. The van der Waals surface area contributed by atoms with Crippen LogP contribution in [0.15, 0.2) is 35.7 Å². The monoisotopic (exact) mass is 442 g/mol. The Labute approximate surface area is 187 Å². The summed E-state index contributed by atoms with van der Waals surface area (Å²) in [5.41, 5.74) is 0.670. The third-order valence-corrected chi connectivity index (χ3v) is 6.97. The lowest BCUT2D eigenvalue weighted by molar-refractivity contribution is -0.141. The fourth-order valence-electron chi connectivity index (χ4n) is 4.39. The fourth-order valence-corrected chi connectivity index (χ4v) is 5.08. The number of nitrogens with zero attached hydrogens (tertiary/aromatic N) is 1. The van der Waals surface area contributed by atoms with Gasteiger partial charge in [-0.15, -0.1) is 11.3 Å². The van der Waals surface area contributed by atoms with Crippen LogP contribution in [0.3, 0.4) is 0 Å². The first-order chi connectivity index (χ1) is 15.1. The Morgan fingerprint density at radius 3 is 2.52 bits per heavy atom. The molecule has 2 aromatic rings. The molecule has 0 bridgehead atoms. The van der Waals surface area contributed by atoms with Gasteiger partial charge >= 0.3 is 0 Å². The summed E-state index contributed by atoms with van der Waals surface area (Å²) < 4.78 is 11.0. The molecule has 1 unspecified atom stereocenters. The van der Waals surface area contributed by atoms with Crippen molar-refractivity contribution in [2.45, 2.75) is 63.1 Å². The molecule has 0 spiro atoms. The van der Waals surface area contributed by atoms with Crippen LogP contribution in [-0.4, -0.2) is 43.0 Å². The first kappa shape index (κ1) is 21.7. The number of carbonyl (C=O) groups excluding carboxylic acids is 2. The summed E-state index contributed by atoms with van der Waals surface area (Å²) in [7, 11) is 3.19. The van der Waals surface area contributed by atoms with Gasteiger partial charge in [-0.25, -0.2) is 0 Å². The molecule has 31 heavy (non-hydrogen) atoms. The summed E-state index contributed by atoms with van der Waals surface area (Å²) in [6.07, 6.45) is 6.35. The highest BCUT2D eigenvalue weighted by Gasteiger charge is 2.43. The number of methoxy groups -OCH3 is 2. The van der Waals surface area contributed by atoms with Crippen molar-refractivity contribution in [1.82, 2.24) is 10.2 Å². The molecule has 4 rings (SSSR count). The molecule has 2 aliphatic rings. The SMILES string of the molecule is COc1ccc(OC)c(C(C(=O)NC2CCCC2)N(C(=O)Cc2cccs2)C2CC2)c1. The van der Waals surface area contributed by atoms with E-state index >= 15 is 0 Å². The van der Waals surface area contributed by atoms with Gasteiger partial charge in [0.2, 0.25) is 11.8 Å². The number of carbonyl (C=O) groups is 2. The van der Waals surface area contributed by atoms with Crippen molar-refractivity contribution in [1.29, 1.82) is 0 Å². The molecule has 2 aliphatic carbocycles. The van der Waals surface area contributed by atoms with Gasteiger partial charge in [-0.3, -0.25) is 9.59 Å². The molecule has 2 amide bonds. The Bertz CT molecular complexity index is 904. The number of thiophene rings is 1. The number of rotatable bonds is 9. The topological polar surface area (TPSA) is 67.9 Å². The highest BCUT2D eigenvalue weighted by Crippen LogP contribution is 2.40. The first-order valence-corrected chi connectivity index (χ1v) is 11.8. The molecular weight excluding hydrogens is 412 g/mol. The highest BCUT2D eigenvalue weighted by molar-refractivity contribution is 7.10. The third kappa shape index (κ3) is 5.03. The highest BCUT2D eigenvalue weighted by atomic mass is 32.1. The largest absolute Gasteiger partial charge is 0.497 e. The number of benzene rings is 1. The van der Waals surface area contributed by atoms with Crippen molar-refractivity contribution in [3.05, 3.63) is 46.2 Å². The summed E-state index contributed by atoms with van der Waals surface area (Å²) in [5.74, 6) is 1.06. The van der Waals surface area contributed by atoms with E-state index in [-0.39, 0.29) is 23.9 Å². The van der Waals surface area contributed by atoms with E-state index in [1.165, 1.54) is 0 Å². The Morgan fingerprint density at radius 1 is 1.13 bits per heavy atom. The van der Waals surface area contributed by atoms with E-state index in [0.717, 1.165) is 43.4 Å². The van der Waals surface area contributed by atoms with Crippen LogP contribution < -0.4 is 14.8 Å². The van der Waals surface area contributed by atoms with Crippen LogP contribution in [0.25, 0.3) is 0 Å². The number of nitrogens with one attached hydrogen (secondary N) is 1. The Hall–Kier alpha value is -2.54. The van der Waals surface area contributed by atoms with E-state index in [0.29, 0.717) is 23.5 Å². The van der Waals surface area contributed by atoms with E-state index in [1.54, 1.807) is 36.5 Å². The standard InChI is InChI=1S/C24H30N2O4S/c1-29-18-11-12-21(30-2)20(14-18)23(24(28)25-16-6-3-4-7-16)26(17-9-10-17)22(27)15-19-8-5-13-31-19/h5,8,11-14,16-17,23H,3-4,6-7,9-10,15H2,1-2H3,(H,25,28). The van der Waals surface area contributed by atoms with E-state index in [4.69, 9.17) is 9.47 Å². The Kier molecular flexibility index (Phi) is 6.80. The minimum absolute atomic E-state index is 0.0265. The maximum atomic E-state index is 13.6. The van der Waals surface area contributed by atoms with Crippen molar-refractivity contribution in [2.75, 3.05) is 14.2 Å². The number of ether oxygens (including phenoxy) is 2. The minimum atomic E-state index is -0.745. The molecule has 1 atom stereocenters. The van der Waals surface area contributed by atoms with Gasteiger partial charge in [0.05, 0.1) is 20.6 Å². The quantitative estimate of drug-likeness (QED) is 0.635. The van der Waals surface area contributed by atoms with Crippen LogP contribution in [-0.2, 0) is 16.0 Å². The molecule has 0 aliphatic heterocycles. The van der Waals surface area contributed by atoms with Crippen molar-refractivity contribution >= 4 is 23.2 Å². The van der Waals surface area contributed by atoms with E-state index in [2.05, 4.69) is 5.32 Å².